The fourth-order valence-electron chi connectivity index (χ4n) is 3.85. The van der Waals surface area contributed by atoms with Crippen LogP contribution in [-0.2, 0) is 16.4 Å². The summed E-state index contributed by atoms with van der Waals surface area (Å²) < 4.78 is 23.6. The second-order valence-corrected chi connectivity index (χ2v) is 9.99. The Morgan fingerprint density at radius 1 is 1.07 bits per heavy atom. The van der Waals surface area contributed by atoms with Crippen LogP contribution in [0.3, 0.4) is 0 Å². The van der Waals surface area contributed by atoms with Gasteiger partial charge in [-0.05, 0) is 61.8 Å². The second kappa shape index (κ2) is 10.6. The monoisotopic (exact) mass is 449 g/mol. The normalized spacial score (nSPS) is 16.6. The van der Waals surface area contributed by atoms with E-state index >= 15 is 0 Å². The number of benzene rings is 2. The van der Waals surface area contributed by atoms with Gasteiger partial charge in [-0.15, -0.1) is 11.8 Å². The Morgan fingerprint density at radius 2 is 1.77 bits per heavy atom. The maximum absolute atomic E-state index is 11.8. The van der Waals surface area contributed by atoms with Gasteiger partial charge in [0.15, 0.2) is 0 Å². The Balaban J connectivity index is 1.43. The predicted octanol–water partition coefficient (Wildman–Crippen LogP) is 2.91. The molecule has 1 atom stereocenters. The number of aliphatic hydroxyl groups excluding tert-OH is 1. The lowest BCUT2D eigenvalue weighted by Gasteiger charge is -2.38. The van der Waals surface area contributed by atoms with E-state index in [9.17, 15) is 13.5 Å². The van der Waals surface area contributed by atoms with Gasteiger partial charge in [-0.2, -0.15) is 0 Å². The molecule has 0 saturated carbocycles. The van der Waals surface area contributed by atoms with E-state index in [1.165, 1.54) is 17.4 Å². The minimum absolute atomic E-state index is 0.198. The molecule has 2 aromatic rings. The Labute approximate surface area is 184 Å². The van der Waals surface area contributed by atoms with Gasteiger partial charge in [0.25, 0.3) is 0 Å². The molecule has 0 bridgehead atoms. The molecule has 6 nitrogen and oxygen atoms in total. The summed E-state index contributed by atoms with van der Waals surface area (Å²) in [5.74, 6) is 0. The topological polar surface area (TPSA) is 86.9 Å². The largest absolute Gasteiger partial charge is 0.378 e. The van der Waals surface area contributed by atoms with Crippen molar-refractivity contribution in [3.63, 3.8) is 0 Å². The number of thioether (sulfide) groups is 1. The molecular weight excluding hydrogens is 418 g/mol. The van der Waals surface area contributed by atoms with Gasteiger partial charge in [-0.25, -0.2) is 13.6 Å². The van der Waals surface area contributed by atoms with Crippen LogP contribution in [0.15, 0.2) is 58.3 Å². The van der Waals surface area contributed by atoms with Crippen molar-refractivity contribution in [3.05, 3.63) is 54.1 Å². The fourth-order valence-corrected chi connectivity index (χ4v) is 5.58. The average Bonchev–Trinajstić information content (AvgIpc) is 2.76. The van der Waals surface area contributed by atoms with Crippen molar-refractivity contribution < 1.29 is 13.5 Å². The van der Waals surface area contributed by atoms with E-state index in [1.54, 1.807) is 6.07 Å². The lowest BCUT2D eigenvalue weighted by atomic mass is 10.1. The maximum Gasteiger partial charge on any atom is 0.239 e. The van der Waals surface area contributed by atoms with E-state index in [-0.39, 0.29) is 4.90 Å². The number of rotatable bonds is 9. The lowest BCUT2D eigenvalue weighted by molar-refractivity contribution is -0.00702. The van der Waals surface area contributed by atoms with Crippen LogP contribution in [0.25, 0.3) is 0 Å². The first-order chi connectivity index (χ1) is 14.4. The summed E-state index contributed by atoms with van der Waals surface area (Å²) >= 11 is 1.38. The zero-order valence-electron chi connectivity index (χ0n) is 17.4. The van der Waals surface area contributed by atoms with E-state index in [2.05, 4.69) is 34.1 Å². The first-order valence-electron chi connectivity index (χ1n) is 10.3. The summed E-state index contributed by atoms with van der Waals surface area (Å²) in [4.78, 5) is 5.37. The fraction of sp³-hybridized carbons (Fsp3) is 0.455. The Morgan fingerprint density at radius 3 is 2.40 bits per heavy atom. The molecular formula is C22H31N3O3S2. The molecule has 1 saturated heterocycles. The van der Waals surface area contributed by atoms with E-state index in [0.29, 0.717) is 4.90 Å². The van der Waals surface area contributed by atoms with Crippen molar-refractivity contribution in [1.82, 2.24) is 4.90 Å². The average molecular weight is 450 g/mol. The molecule has 164 valence electrons. The Kier molecular flexibility index (Phi) is 8.19. The second-order valence-electron chi connectivity index (χ2n) is 7.62. The molecule has 1 unspecified atom stereocenters. The molecule has 0 radical (unpaired) electrons. The van der Waals surface area contributed by atoms with Crippen molar-refractivity contribution in [1.29, 1.82) is 0 Å². The first-order valence-corrected chi connectivity index (χ1v) is 13.1. The zero-order valence-corrected chi connectivity index (χ0v) is 19.0. The number of primary sulfonamides is 1. The van der Waals surface area contributed by atoms with Gasteiger partial charge in [0, 0.05) is 36.8 Å². The van der Waals surface area contributed by atoms with Crippen LogP contribution in [0.5, 0.6) is 0 Å². The van der Waals surface area contributed by atoms with Crippen molar-refractivity contribution >= 4 is 27.5 Å². The predicted molar refractivity (Wildman–Crippen MR) is 123 cm³/mol. The van der Waals surface area contributed by atoms with E-state index in [1.807, 2.05) is 24.5 Å². The number of unbranched alkanes of at least 4 members (excludes halogenated alkanes) is 1. The number of nitrogens with two attached hydrogens (primary N) is 1. The molecule has 0 aliphatic carbocycles. The third-order valence-corrected chi connectivity index (χ3v) is 7.45. The van der Waals surface area contributed by atoms with Gasteiger partial charge in [0.2, 0.25) is 10.0 Å². The highest BCUT2D eigenvalue weighted by Gasteiger charge is 2.22. The number of piperazine rings is 1. The number of nitrogens with zero attached hydrogens (tertiary/aromatic N) is 2. The van der Waals surface area contributed by atoms with Gasteiger partial charge in [-0.1, -0.05) is 24.3 Å². The molecule has 8 heteroatoms. The number of aliphatic hydroxyl groups is 1. The van der Waals surface area contributed by atoms with Gasteiger partial charge in [-0.3, -0.25) is 4.90 Å². The van der Waals surface area contributed by atoms with Gasteiger partial charge in [0.1, 0.15) is 6.23 Å². The Hall–Kier alpha value is -1.58. The van der Waals surface area contributed by atoms with Crippen molar-refractivity contribution in [2.24, 2.45) is 5.14 Å². The van der Waals surface area contributed by atoms with Gasteiger partial charge in [0.05, 0.1) is 4.90 Å². The van der Waals surface area contributed by atoms with Crippen LogP contribution in [0.1, 0.15) is 24.8 Å². The standard InChI is InChI=1S/C22H31N3O3S2/c1-29-20-12-11-18(17-21(20)30(23,27)28)7-5-6-10-22(26)25-15-13-24(14-16-25)19-8-3-2-4-9-19/h2-4,8-9,11-12,17,22,26H,5-7,10,13-16H2,1H3,(H2,23,27,28). The van der Waals surface area contributed by atoms with E-state index < -0.39 is 16.3 Å². The molecule has 3 N–H and O–H groups in total. The molecule has 2 aromatic carbocycles. The van der Waals surface area contributed by atoms with Crippen molar-refractivity contribution in [2.45, 2.75) is 41.7 Å². The highest BCUT2D eigenvalue weighted by molar-refractivity contribution is 7.99. The number of aryl methyl sites for hydroxylation is 1. The number of hydrogen-bond acceptors (Lipinski definition) is 6. The van der Waals surface area contributed by atoms with Crippen LogP contribution in [0.2, 0.25) is 0 Å². The maximum atomic E-state index is 11.8. The minimum Gasteiger partial charge on any atom is -0.378 e. The summed E-state index contributed by atoms with van der Waals surface area (Å²) in [5.41, 5.74) is 2.20. The van der Waals surface area contributed by atoms with Crippen molar-refractivity contribution in [2.75, 3.05) is 37.3 Å². The molecule has 1 aliphatic rings. The molecule has 0 amide bonds. The SMILES string of the molecule is CSc1ccc(CCCCC(O)N2CCN(c3ccccc3)CC2)cc1S(N)(=O)=O. The lowest BCUT2D eigenvalue weighted by Crippen LogP contribution is -2.50. The van der Waals surface area contributed by atoms with Crippen LogP contribution < -0.4 is 10.0 Å². The summed E-state index contributed by atoms with van der Waals surface area (Å²) in [7, 11) is -3.72. The number of hydrogen-bond donors (Lipinski definition) is 2. The molecule has 1 aliphatic heterocycles. The number of anilines is 1. The summed E-state index contributed by atoms with van der Waals surface area (Å²) in [6, 6.07) is 15.8. The highest BCUT2D eigenvalue weighted by atomic mass is 32.2. The third-order valence-electron chi connectivity index (χ3n) is 5.57. The van der Waals surface area contributed by atoms with Crippen LogP contribution >= 0.6 is 11.8 Å². The van der Waals surface area contributed by atoms with Crippen molar-refractivity contribution in [3.8, 4) is 0 Å². The molecule has 1 heterocycles. The number of sulfonamides is 1. The molecule has 0 aromatic heterocycles. The van der Waals surface area contributed by atoms with Gasteiger partial charge >= 0.3 is 0 Å². The first kappa shape index (κ1) is 23.1. The molecule has 0 spiro atoms. The summed E-state index contributed by atoms with van der Waals surface area (Å²) in [6.07, 6.45) is 4.67. The van der Waals surface area contributed by atoms with Gasteiger partial charge < -0.3 is 10.0 Å². The molecule has 3 rings (SSSR count). The summed E-state index contributed by atoms with van der Waals surface area (Å²) in [6.45, 7) is 3.53. The Bertz CT molecular complexity index is 914. The van der Waals surface area contributed by atoms with Crippen LogP contribution in [0, 0.1) is 0 Å². The minimum atomic E-state index is -3.72. The van der Waals surface area contributed by atoms with E-state index in [0.717, 1.165) is 57.4 Å². The van der Waals surface area contributed by atoms with Crippen LogP contribution in [0.4, 0.5) is 5.69 Å². The summed E-state index contributed by atoms with van der Waals surface area (Å²) in [5, 5.41) is 15.9. The smallest absolute Gasteiger partial charge is 0.239 e. The highest BCUT2D eigenvalue weighted by Crippen LogP contribution is 2.26. The molecule has 1 fully saturated rings. The quantitative estimate of drug-likeness (QED) is 0.452. The van der Waals surface area contributed by atoms with E-state index in [4.69, 9.17) is 5.14 Å². The zero-order chi connectivity index (χ0) is 21.6. The molecule has 30 heavy (non-hydrogen) atoms. The number of para-hydroxylation sites is 1. The third kappa shape index (κ3) is 6.21. The van der Waals surface area contributed by atoms with Crippen LogP contribution in [-0.4, -0.2) is 57.1 Å².